The van der Waals surface area contributed by atoms with Crippen molar-refractivity contribution in [3.05, 3.63) is 44.9 Å². The van der Waals surface area contributed by atoms with Gasteiger partial charge in [0.15, 0.2) is 5.13 Å². The maximum Gasteiger partial charge on any atom is 0.273 e. The summed E-state index contributed by atoms with van der Waals surface area (Å²) in [6.45, 7) is 1.52. The lowest BCUT2D eigenvalue weighted by molar-refractivity contribution is 0.0787. The molecule has 1 N–H and O–H groups in total. The molecular formula is C15H13Cl2N3O2S. The topological polar surface area (TPSA) is 62.3 Å². The van der Waals surface area contributed by atoms with Gasteiger partial charge in [-0.05, 0) is 31.0 Å². The second kappa shape index (κ2) is 6.86. The molecule has 0 aliphatic carbocycles. The van der Waals surface area contributed by atoms with Crippen LogP contribution in [-0.2, 0) is 0 Å². The Kier molecular flexibility index (Phi) is 4.84. The minimum Gasteiger partial charge on any atom is -0.337 e. The van der Waals surface area contributed by atoms with Crippen LogP contribution in [0, 0.1) is 0 Å². The average molecular weight is 370 g/mol. The predicted molar refractivity (Wildman–Crippen MR) is 91.7 cm³/mol. The number of hydrogen-bond acceptors (Lipinski definition) is 4. The van der Waals surface area contributed by atoms with Crippen molar-refractivity contribution in [3.8, 4) is 0 Å². The Morgan fingerprint density at radius 2 is 1.96 bits per heavy atom. The molecule has 1 aliphatic heterocycles. The number of carbonyl (C=O) groups is 2. The number of benzene rings is 1. The van der Waals surface area contributed by atoms with E-state index in [1.165, 1.54) is 17.4 Å². The number of nitrogens with zero attached hydrogens (tertiary/aromatic N) is 2. The van der Waals surface area contributed by atoms with Crippen molar-refractivity contribution in [2.75, 3.05) is 18.4 Å². The van der Waals surface area contributed by atoms with Gasteiger partial charge in [-0.15, -0.1) is 11.3 Å². The molecule has 5 nitrogen and oxygen atoms in total. The highest BCUT2D eigenvalue weighted by Crippen LogP contribution is 2.24. The number of likely N-dealkylation sites (tertiary alicyclic amines) is 1. The van der Waals surface area contributed by atoms with E-state index in [0.717, 1.165) is 25.9 Å². The Hall–Kier alpha value is -1.63. The Morgan fingerprint density at radius 3 is 2.65 bits per heavy atom. The van der Waals surface area contributed by atoms with E-state index in [1.54, 1.807) is 22.4 Å². The summed E-state index contributed by atoms with van der Waals surface area (Å²) in [5, 5.41) is 5.39. The first-order valence-corrected chi connectivity index (χ1v) is 8.69. The molecule has 23 heavy (non-hydrogen) atoms. The molecule has 0 saturated carbocycles. The Bertz CT molecular complexity index is 757. The molecule has 1 aromatic heterocycles. The number of aromatic nitrogens is 1. The lowest BCUT2D eigenvalue weighted by Crippen LogP contribution is -2.27. The molecule has 8 heteroatoms. The van der Waals surface area contributed by atoms with Crippen LogP contribution in [0.1, 0.15) is 33.7 Å². The summed E-state index contributed by atoms with van der Waals surface area (Å²) in [5.41, 5.74) is 0.660. The molecule has 120 valence electrons. The third kappa shape index (κ3) is 3.65. The summed E-state index contributed by atoms with van der Waals surface area (Å²) in [6, 6.07) is 4.64. The Labute approximate surface area is 147 Å². The molecule has 1 saturated heterocycles. The fourth-order valence-electron chi connectivity index (χ4n) is 2.35. The highest BCUT2D eigenvalue weighted by Gasteiger charge is 2.22. The van der Waals surface area contributed by atoms with Crippen molar-refractivity contribution in [1.29, 1.82) is 0 Å². The maximum absolute atomic E-state index is 12.2. The Balaban J connectivity index is 1.71. The van der Waals surface area contributed by atoms with Crippen molar-refractivity contribution in [2.45, 2.75) is 12.8 Å². The third-order valence-electron chi connectivity index (χ3n) is 3.51. The second-order valence-electron chi connectivity index (χ2n) is 5.12. The largest absolute Gasteiger partial charge is 0.337 e. The van der Waals surface area contributed by atoms with Crippen LogP contribution in [-0.4, -0.2) is 34.8 Å². The van der Waals surface area contributed by atoms with Crippen LogP contribution in [0.5, 0.6) is 0 Å². The number of amides is 2. The molecule has 2 amide bonds. The monoisotopic (exact) mass is 369 g/mol. The van der Waals surface area contributed by atoms with Crippen LogP contribution < -0.4 is 5.32 Å². The van der Waals surface area contributed by atoms with Gasteiger partial charge in [-0.2, -0.15) is 0 Å². The molecule has 1 aromatic carbocycles. The summed E-state index contributed by atoms with van der Waals surface area (Å²) < 4.78 is 0. The highest BCUT2D eigenvalue weighted by molar-refractivity contribution is 7.14. The molecule has 0 atom stereocenters. The molecule has 0 spiro atoms. The fourth-order valence-corrected chi connectivity index (χ4v) is 3.52. The molecule has 0 bridgehead atoms. The fraction of sp³-hybridized carbons (Fsp3) is 0.267. The second-order valence-corrected chi connectivity index (χ2v) is 6.82. The van der Waals surface area contributed by atoms with Crippen molar-refractivity contribution < 1.29 is 9.59 Å². The summed E-state index contributed by atoms with van der Waals surface area (Å²) in [6.07, 6.45) is 2.04. The normalized spacial score (nSPS) is 14.1. The quantitative estimate of drug-likeness (QED) is 0.890. The zero-order chi connectivity index (χ0) is 16.4. The maximum atomic E-state index is 12.2. The van der Waals surface area contributed by atoms with Gasteiger partial charge >= 0.3 is 0 Å². The van der Waals surface area contributed by atoms with Gasteiger partial charge < -0.3 is 4.90 Å². The first-order valence-electron chi connectivity index (χ1n) is 7.06. The van der Waals surface area contributed by atoms with E-state index >= 15 is 0 Å². The first kappa shape index (κ1) is 16.2. The number of nitrogens with one attached hydrogen (secondary N) is 1. The van der Waals surface area contributed by atoms with Crippen LogP contribution >= 0.6 is 34.5 Å². The zero-order valence-electron chi connectivity index (χ0n) is 12.0. The van der Waals surface area contributed by atoms with E-state index in [9.17, 15) is 9.59 Å². The van der Waals surface area contributed by atoms with Crippen molar-refractivity contribution >= 4 is 51.5 Å². The van der Waals surface area contributed by atoms with Gasteiger partial charge in [-0.1, -0.05) is 23.2 Å². The molecule has 1 aliphatic rings. The smallest absolute Gasteiger partial charge is 0.273 e. The predicted octanol–water partition coefficient (Wildman–Crippen LogP) is 3.94. The van der Waals surface area contributed by atoms with Crippen LogP contribution in [0.25, 0.3) is 0 Å². The standard InChI is InChI=1S/C15H13Cl2N3O2S/c16-9-3-4-10(11(17)7-9)13(21)19-15-18-12(8-23-15)14(22)20-5-1-2-6-20/h3-4,7-8H,1-2,5-6H2,(H,18,19,21). The number of rotatable bonds is 3. The van der Waals surface area contributed by atoms with Gasteiger partial charge in [0.2, 0.25) is 0 Å². The van der Waals surface area contributed by atoms with Gasteiger partial charge in [0.1, 0.15) is 5.69 Å². The van der Waals surface area contributed by atoms with Gasteiger partial charge in [-0.3, -0.25) is 14.9 Å². The van der Waals surface area contributed by atoms with E-state index in [4.69, 9.17) is 23.2 Å². The van der Waals surface area contributed by atoms with Crippen LogP contribution in [0.15, 0.2) is 23.6 Å². The molecule has 2 heterocycles. The summed E-state index contributed by atoms with van der Waals surface area (Å²) in [5.74, 6) is -0.482. The highest BCUT2D eigenvalue weighted by atomic mass is 35.5. The van der Waals surface area contributed by atoms with E-state index in [1.807, 2.05) is 0 Å². The van der Waals surface area contributed by atoms with Crippen LogP contribution in [0.4, 0.5) is 5.13 Å². The van der Waals surface area contributed by atoms with Crippen LogP contribution in [0.2, 0.25) is 10.0 Å². The van der Waals surface area contributed by atoms with Gasteiger partial charge in [0.25, 0.3) is 11.8 Å². The molecule has 2 aromatic rings. The average Bonchev–Trinajstić information content (AvgIpc) is 3.17. The molecular weight excluding hydrogens is 357 g/mol. The lowest BCUT2D eigenvalue weighted by Gasteiger charge is -2.12. The minimum atomic E-state index is -0.388. The van der Waals surface area contributed by atoms with E-state index in [-0.39, 0.29) is 16.8 Å². The Morgan fingerprint density at radius 1 is 1.22 bits per heavy atom. The summed E-state index contributed by atoms with van der Waals surface area (Å²) in [7, 11) is 0. The summed E-state index contributed by atoms with van der Waals surface area (Å²) >= 11 is 13.0. The molecule has 3 rings (SSSR count). The van der Waals surface area contributed by atoms with E-state index in [0.29, 0.717) is 21.4 Å². The van der Waals surface area contributed by atoms with Crippen LogP contribution in [0.3, 0.4) is 0 Å². The number of thiazole rings is 1. The number of carbonyl (C=O) groups excluding carboxylic acids is 2. The third-order valence-corrected chi connectivity index (χ3v) is 4.82. The van der Waals surface area contributed by atoms with E-state index in [2.05, 4.69) is 10.3 Å². The van der Waals surface area contributed by atoms with Crippen molar-refractivity contribution in [2.24, 2.45) is 0 Å². The number of anilines is 1. The minimum absolute atomic E-state index is 0.0937. The van der Waals surface area contributed by atoms with E-state index < -0.39 is 0 Å². The number of hydrogen-bond donors (Lipinski definition) is 1. The van der Waals surface area contributed by atoms with Gasteiger partial charge in [-0.25, -0.2) is 4.98 Å². The first-order chi connectivity index (χ1) is 11.0. The molecule has 0 unspecified atom stereocenters. The van der Waals surface area contributed by atoms with Crippen molar-refractivity contribution in [1.82, 2.24) is 9.88 Å². The zero-order valence-corrected chi connectivity index (χ0v) is 14.3. The van der Waals surface area contributed by atoms with Gasteiger partial charge in [0, 0.05) is 23.5 Å². The number of halogens is 2. The molecule has 0 radical (unpaired) electrons. The summed E-state index contributed by atoms with van der Waals surface area (Å²) in [4.78, 5) is 30.4. The van der Waals surface area contributed by atoms with Crippen molar-refractivity contribution in [3.63, 3.8) is 0 Å². The SMILES string of the molecule is O=C(Nc1nc(C(=O)N2CCCC2)cs1)c1ccc(Cl)cc1Cl. The van der Waals surface area contributed by atoms with Gasteiger partial charge in [0.05, 0.1) is 10.6 Å². The molecule has 1 fully saturated rings. The lowest BCUT2D eigenvalue weighted by atomic mass is 10.2.